The zero-order chi connectivity index (χ0) is 20.5. The van der Waals surface area contributed by atoms with Gasteiger partial charge in [-0.1, -0.05) is 25.8 Å². The van der Waals surface area contributed by atoms with E-state index in [0.29, 0.717) is 11.6 Å². The SMILES string of the molecule is C[C@@H]1CCCC[C@@H]1NC(=O)c1ccnn1-c1ccc2ccc(-c3ccncc3)cn12. The molecule has 0 aromatic carbocycles. The standard InChI is InChI=1S/C24H25N5O/c1-17-4-2-3-5-21(17)27-24(30)22-12-15-26-29(22)23-9-8-20-7-6-19(16-28(20)23)18-10-13-25-14-11-18/h6-17,21H,2-5H2,1H3,(H,27,30)/t17-,21+/m1/s1. The van der Waals surface area contributed by atoms with Crippen LogP contribution in [0.15, 0.2) is 67.3 Å². The molecule has 1 aliphatic carbocycles. The Hall–Kier alpha value is -3.41. The van der Waals surface area contributed by atoms with Crippen molar-refractivity contribution in [1.29, 1.82) is 0 Å². The number of carbonyl (C=O) groups excluding carboxylic acids is 1. The zero-order valence-electron chi connectivity index (χ0n) is 17.0. The molecule has 1 amide bonds. The molecule has 6 nitrogen and oxygen atoms in total. The minimum Gasteiger partial charge on any atom is -0.348 e. The van der Waals surface area contributed by atoms with Gasteiger partial charge >= 0.3 is 0 Å². The molecule has 0 unspecified atom stereocenters. The summed E-state index contributed by atoms with van der Waals surface area (Å²) in [6, 6.07) is 14.2. The molecule has 30 heavy (non-hydrogen) atoms. The van der Waals surface area contributed by atoms with E-state index >= 15 is 0 Å². The molecule has 0 radical (unpaired) electrons. The Kier molecular flexibility index (Phi) is 4.83. The number of hydrogen-bond donors (Lipinski definition) is 1. The molecule has 0 aliphatic heterocycles. The van der Waals surface area contributed by atoms with Gasteiger partial charge < -0.3 is 9.72 Å². The Morgan fingerprint density at radius 2 is 1.77 bits per heavy atom. The Morgan fingerprint density at radius 3 is 2.60 bits per heavy atom. The quantitative estimate of drug-likeness (QED) is 0.550. The van der Waals surface area contributed by atoms with Crippen LogP contribution in [0.25, 0.3) is 22.5 Å². The van der Waals surface area contributed by atoms with Gasteiger partial charge in [-0.15, -0.1) is 0 Å². The lowest BCUT2D eigenvalue weighted by atomic mass is 9.86. The summed E-state index contributed by atoms with van der Waals surface area (Å²) in [5.74, 6) is 1.29. The van der Waals surface area contributed by atoms with Crippen molar-refractivity contribution in [3.05, 3.63) is 72.9 Å². The monoisotopic (exact) mass is 399 g/mol. The highest BCUT2D eigenvalue weighted by molar-refractivity contribution is 5.93. The van der Waals surface area contributed by atoms with Crippen molar-refractivity contribution >= 4 is 11.4 Å². The van der Waals surface area contributed by atoms with Crippen molar-refractivity contribution in [3.63, 3.8) is 0 Å². The highest BCUT2D eigenvalue weighted by Crippen LogP contribution is 2.25. The molecule has 1 aliphatic rings. The first kappa shape index (κ1) is 18.6. The van der Waals surface area contributed by atoms with Gasteiger partial charge in [0.1, 0.15) is 11.5 Å². The summed E-state index contributed by atoms with van der Waals surface area (Å²) in [5.41, 5.74) is 3.78. The fraction of sp³-hybridized carbons (Fsp3) is 0.292. The first-order valence-corrected chi connectivity index (χ1v) is 10.6. The minimum atomic E-state index is -0.0634. The van der Waals surface area contributed by atoms with Crippen LogP contribution < -0.4 is 5.32 Å². The number of hydrogen-bond acceptors (Lipinski definition) is 3. The van der Waals surface area contributed by atoms with E-state index in [-0.39, 0.29) is 11.9 Å². The summed E-state index contributed by atoms with van der Waals surface area (Å²) in [6.45, 7) is 2.22. The molecule has 4 aromatic rings. The van der Waals surface area contributed by atoms with Gasteiger partial charge in [0.2, 0.25) is 0 Å². The summed E-state index contributed by atoms with van der Waals surface area (Å²) >= 11 is 0. The van der Waals surface area contributed by atoms with Gasteiger partial charge in [0.05, 0.1) is 6.20 Å². The lowest BCUT2D eigenvalue weighted by molar-refractivity contribution is 0.0902. The number of carbonyl (C=O) groups is 1. The number of nitrogens with one attached hydrogen (secondary N) is 1. The summed E-state index contributed by atoms with van der Waals surface area (Å²) in [4.78, 5) is 17.2. The van der Waals surface area contributed by atoms with E-state index in [0.717, 1.165) is 28.9 Å². The predicted octanol–water partition coefficient (Wildman–Crippen LogP) is 4.50. The first-order chi connectivity index (χ1) is 14.7. The fourth-order valence-corrected chi connectivity index (χ4v) is 4.41. The topological polar surface area (TPSA) is 64.2 Å². The van der Waals surface area contributed by atoms with E-state index in [9.17, 15) is 4.79 Å². The normalized spacial score (nSPS) is 19.1. The van der Waals surface area contributed by atoms with E-state index in [1.807, 2.05) is 24.3 Å². The van der Waals surface area contributed by atoms with E-state index in [4.69, 9.17) is 0 Å². The van der Waals surface area contributed by atoms with Crippen LogP contribution in [0.3, 0.4) is 0 Å². The maximum atomic E-state index is 13.1. The number of amides is 1. The molecule has 0 saturated heterocycles. The number of aromatic nitrogens is 4. The molecule has 4 heterocycles. The maximum Gasteiger partial charge on any atom is 0.270 e. The molecular weight excluding hydrogens is 374 g/mol. The lowest BCUT2D eigenvalue weighted by Crippen LogP contribution is -2.41. The summed E-state index contributed by atoms with van der Waals surface area (Å²) in [7, 11) is 0. The van der Waals surface area contributed by atoms with E-state index in [2.05, 4.69) is 45.1 Å². The fourth-order valence-electron chi connectivity index (χ4n) is 4.41. The molecule has 1 fully saturated rings. The van der Waals surface area contributed by atoms with Gasteiger partial charge in [0, 0.05) is 30.1 Å². The third-order valence-corrected chi connectivity index (χ3v) is 6.16. The molecular formula is C24H25N5O. The van der Waals surface area contributed by atoms with Crippen molar-refractivity contribution in [3.8, 4) is 16.9 Å². The largest absolute Gasteiger partial charge is 0.348 e. The number of nitrogens with zero attached hydrogens (tertiary/aromatic N) is 4. The van der Waals surface area contributed by atoms with Crippen LogP contribution in [0.1, 0.15) is 43.1 Å². The summed E-state index contributed by atoms with van der Waals surface area (Å²) < 4.78 is 3.80. The predicted molar refractivity (Wildman–Crippen MR) is 117 cm³/mol. The second kappa shape index (κ2) is 7.78. The van der Waals surface area contributed by atoms with Gasteiger partial charge in [-0.05, 0) is 66.3 Å². The van der Waals surface area contributed by atoms with E-state index in [1.54, 1.807) is 29.3 Å². The Morgan fingerprint density at radius 1 is 0.967 bits per heavy atom. The van der Waals surface area contributed by atoms with Crippen molar-refractivity contribution in [2.75, 3.05) is 0 Å². The van der Waals surface area contributed by atoms with E-state index in [1.165, 1.54) is 19.3 Å². The molecule has 6 heteroatoms. The van der Waals surface area contributed by atoms with Crippen LogP contribution in [0.5, 0.6) is 0 Å². The average Bonchev–Trinajstić information content (AvgIpc) is 3.42. The molecule has 5 rings (SSSR count). The molecule has 2 atom stereocenters. The van der Waals surface area contributed by atoms with Gasteiger partial charge in [-0.3, -0.25) is 9.78 Å². The Bertz CT molecular complexity index is 1180. The van der Waals surface area contributed by atoms with Gasteiger partial charge in [-0.2, -0.15) is 5.10 Å². The van der Waals surface area contributed by atoms with Crippen molar-refractivity contribution < 1.29 is 4.79 Å². The van der Waals surface area contributed by atoms with Gasteiger partial charge in [0.15, 0.2) is 0 Å². The second-order valence-electron chi connectivity index (χ2n) is 8.11. The minimum absolute atomic E-state index is 0.0634. The molecule has 0 bridgehead atoms. The van der Waals surface area contributed by atoms with Crippen molar-refractivity contribution in [1.82, 2.24) is 24.5 Å². The van der Waals surface area contributed by atoms with Crippen LogP contribution in [0.4, 0.5) is 0 Å². The highest BCUT2D eigenvalue weighted by atomic mass is 16.2. The van der Waals surface area contributed by atoms with Gasteiger partial charge in [0.25, 0.3) is 5.91 Å². The molecule has 0 spiro atoms. The summed E-state index contributed by atoms with van der Waals surface area (Å²) in [5, 5.41) is 7.71. The van der Waals surface area contributed by atoms with Gasteiger partial charge in [-0.25, -0.2) is 4.68 Å². The van der Waals surface area contributed by atoms with Crippen LogP contribution in [0.2, 0.25) is 0 Å². The smallest absolute Gasteiger partial charge is 0.270 e. The van der Waals surface area contributed by atoms with Crippen molar-refractivity contribution in [2.24, 2.45) is 5.92 Å². The maximum absolute atomic E-state index is 13.1. The first-order valence-electron chi connectivity index (χ1n) is 10.6. The van der Waals surface area contributed by atoms with Crippen LogP contribution in [-0.4, -0.2) is 31.1 Å². The average molecular weight is 399 g/mol. The zero-order valence-corrected chi connectivity index (χ0v) is 17.0. The molecule has 1 saturated carbocycles. The Labute approximate surface area is 175 Å². The second-order valence-corrected chi connectivity index (χ2v) is 8.11. The molecule has 152 valence electrons. The highest BCUT2D eigenvalue weighted by Gasteiger charge is 2.25. The van der Waals surface area contributed by atoms with Crippen LogP contribution >= 0.6 is 0 Å². The third-order valence-electron chi connectivity index (χ3n) is 6.16. The number of rotatable bonds is 4. The van der Waals surface area contributed by atoms with Crippen molar-refractivity contribution in [2.45, 2.75) is 38.6 Å². The van der Waals surface area contributed by atoms with Crippen LogP contribution in [0, 0.1) is 5.92 Å². The number of fused-ring (bicyclic) bond motifs is 1. The van der Waals surface area contributed by atoms with E-state index < -0.39 is 0 Å². The lowest BCUT2D eigenvalue weighted by Gasteiger charge is -2.29. The Balaban J connectivity index is 1.49. The third kappa shape index (κ3) is 3.38. The summed E-state index contributed by atoms with van der Waals surface area (Å²) in [6.07, 6.45) is 12.0. The van der Waals surface area contributed by atoms with Crippen LogP contribution in [-0.2, 0) is 0 Å². The number of pyridine rings is 2. The molecule has 1 N–H and O–H groups in total. The molecule has 4 aromatic heterocycles.